The SMILES string of the molecule is COc1cc(Cl)c(C(=O)C(C)C(C)C)cc1Cl. The number of Topliss-reactive ketones (excluding diaryl/α,β-unsaturated/α-hetero) is 1. The van der Waals surface area contributed by atoms with Gasteiger partial charge in [-0.3, -0.25) is 4.79 Å². The highest BCUT2D eigenvalue weighted by Crippen LogP contribution is 2.32. The van der Waals surface area contributed by atoms with Crippen molar-refractivity contribution in [2.75, 3.05) is 7.11 Å². The zero-order valence-corrected chi connectivity index (χ0v) is 11.9. The Morgan fingerprint density at radius 1 is 1.18 bits per heavy atom. The molecule has 0 spiro atoms. The molecule has 0 N–H and O–H groups in total. The van der Waals surface area contributed by atoms with Crippen molar-refractivity contribution >= 4 is 29.0 Å². The molecule has 0 bridgehead atoms. The van der Waals surface area contributed by atoms with E-state index < -0.39 is 0 Å². The summed E-state index contributed by atoms with van der Waals surface area (Å²) in [5, 5.41) is 0.778. The summed E-state index contributed by atoms with van der Waals surface area (Å²) >= 11 is 12.1. The maximum Gasteiger partial charge on any atom is 0.167 e. The van der Waals surface area contributed by atoms with E-state index in [1.165, 1.54) is 7.11 Å². The van der Waals surface area contributed by atoms with Gasteiger partial charge in [0, 0.05) is 17.5 Å². The van der Waals surface area contributed by atoms with Gasteiger partial charge in [-0.05, 0) is 12.0 Å². The molecule has 1 aromatic rings. The lowest BCUT2D eigenvalue weighted by atomic mass is 9.90. The largest absolute Gasteiger partial charge is 0.495 e. The molecule has 1 unspecified atom stereocenters. The first-order valence-corrected chi connectivity index (χ1v) is 6.21. The summed E-state index contributed by atoms with van der Waals surface area (Å²) in [6.45, 7) is 5.89. The van der Waals surface area contributed by atoms with Gasteiger partial charge in [-0.15, -0.1) is 0 Å². The van der Waals surface area contributed by atoms with Gasteiger partial charge in [0.15, 0.2) is 5.78 Å². The second kappa shape index (κ2) is 5.74. The molecule has 0 saturated carbocycles. The molecule has 0 radical (unpaired) electrons. The van der Waals surface area contributed by atoms with Crippen molar-refractivity contribution < 1.29 is 9.53 Å². The predicted octanol–water partition coefficient (Wildman–Crippen LogP) is 4.48. The standard InChI is InChI=1S/C13H16Cl2O2/c1-7(2)8(3)13(16)9-5-11(15)12(17-4)6-10(9)14/h5-8H,1-4H3. The van der Waals surface area contributed by atoms with Gasteiger partial charge in [0.05, 0.1) is 17.2 Å². The van der Waals surface area contributed by atoms with Crippen LogP contribution in [0.4, 0.5) is 0 Å². The molecule has 1 aromatic carbocycles. The van der Waals surface area contributed by atoms with E-state index in [1.807, 2.05) is 20.8 Å². The van der Waals surface area contributed by atoms with Gasteiger partial charge in [-0.1, -0.05) is 44.0 Å². The fourth-order valence-electron chi connectivity index (χ4n) is 1.42. The second-order valence-corrected chi connectivity index (χ2v) is 5.18. The van der Waals surface area contributed by atoms with Gasteiger partial charge in [0.2, 0.25) is 0 Å². The van der Waals surface area contributed by atoms with Crippen LogP contribution in [0.5, 0.6) is 5.75 Å². The van der Waals surface area contributed by atoms with Crippen molar-refractivity contribution in [3.05, 3.63) is 27.7 Å². The topological polar surface area (TPSA) is 26.3 Å². The first-order chi connectivity index (χ1) is 7.88. The molecule has 2 nitrogen and oxygen atoms in total. The molecular formula is C13H16Cl2O2. The highest BCUT2D eigenvalue weighted by molar-refractivity contribution is 6.36. The summed E-state index contributed by atoms with van der Waals surface area (Å²) in [6, 6.07) is 3.15. The molecule has 0 amide bonds. The number of halogens is 2. The van der Waals surface area contributed by atoms with Crippen molar-refractivity contribution in [3.63, 3.8) is 0 Å². The third-order valence-corrected chi connectivity index (χ3v) is 3.53. The van der Waals surface area contributed by atoms with Gasteiger partial charge in [-0.25, -0.2) is 0 Å². The zero-order valence-electron chi connectivity index (χ0n) is 10.4. The number of carbonyl (C=O) groups excluding carboxylic acids is 1. The van der Waals surface area contributed by atoms with E-state index in [2.05, 4.69) is 0 Å². The first-order valence-electron chi connectivity index (χ1n) is 5.45. The average Bonchev–Trinajstić information content (AvgIpc) is 2.29. The molecular weight excluding hydrogens is 259 g/mol. The highest BCUT2D eigenvalue weighted by Gasteiger charge is 2.22. The third kappa shape index (κ3) is 3.14. The quantitative estimate of drug-likeness (QED) is 0.757. The summed E-state index contributed by atoms with van der Waals surface area (Å²) in [4.78, 5) is 12.2. The number of ether oxygens (including phenoxy) is 1. The first kappa shape index (κ1) is 14.3. The molecule has 94 valence electrons. The number of hydrogen-bond donors (Lipinski definition) is 0. The van der Waals surface area contributed by atoms with E-state index in [4.69, 9.17) is 27.9 Å². The van der Waals surface area contributed by atoms with Crippen LogP contribution < -0.4 is 4.74 Å². The third-order valence-electron chi connectivity index (χ3n) is 2.92. The van der Waals surface area contributed by atoms with Crippen LogP contribution in [0.15, 0.2) is 12.1 Å². The van der Waals surface area contributed by atoms with Crippen LogP contribution >= 0.6 is 23.2 Å². The fourth-order valence-corrected chi connectivity index (χ4v) is 1.91. The Hall–Kier alpha value is -0.730. The lowest BCUT2D eigenvalue weighted by molar-refractivity contribution is 0.0900. The van der Waals surface area contributed by atoms with Crippen LogP contribution in [0.25, 0.3) is 0 Å². The van der Waals surface area contributed by atoms with Gasteiger partial charge in [0.1, 0.15) is 5.75 Å². The fraction of sp³-hybridized carbons (Fsp3) is 0.462. The number of carbonyl (C=O) groups is 1. The van der Waals surface area contributed by atoms with E-state index in [0.29, 0.717) is 21.4 Å². The van der Waals surface area contributed by atoms with E-state index in [0.717, 1.165) is 0 Å². The van der Waals surface area contributed by atoms with E-state index in [1.54, 1.807) is 12.1 Å². The summed E-state index contributed by atoms with van der Waals surface area (Å²) in [5.41, 5.74) is 0.457. The average molecular weight is 275 g/mol. The minimum atomic E-state index is -0.0861. The van der Waals surface area contributed by atoms with Gasteiger partial charge in [-0.2, -0.15) is 0 Å². The summed E-state index contributed by atoms with van der Waals surface area (Å²) in [5.74, 6) is 0.663. The Morgan fingerprint density at radius 3 is 2.24 bits per heavy atom. The zero-order chi connectivity index (χ0) is 13.2. The molecule has 0 aromatic heterocycles. The molecule has 0 aliphatic heterocycles. The Bertz CT molecular complexity index is 428. The van der Waals surface area contributed by atoms with Gasteiger partial charge in [0.25, 0.3) is 0 Å². The van der Waals surface area contributed by atoms with Crippen LogP contribution in [-0.2, 0) is 0 Å². The smallest absolute Gasteiger partial charge is 0.167 e. The molecule has 0 aliphatic carbocycles. The van der Waals surface area contributed by atoms with Crippen molar-refractivity contribution in [1.29, 1.82) is 0 Å². The molecule has 0 fully saturated rings. The lowest BCUT2D eigenvalue weighted by Crippen LogP contribution is -2.17. The number of ketones is 1. The van der Waals surface area contributed by atoms with Crippen molar-refractivity contribution in [1.82, 2.24) is 0 Å². The van der Waals surface area contributed by atoms with Gasteiger partial charge < -0.3 is 4.74 Å². The molecule has 1 rings (SSSR count). The highest BCUT2D eigenvalue weighted by atomic mass is 35.5. The number of benzene rings is 1. The van der Waals surface area contributed by atoms with Crippen molar-refractivity contribution in [2.45, 2.75) is 20.8 Å². The summed E-state index contributed by atoms with van der Waals surface area (Å²) in [6.07, 6.45) is 0. The molecule has 1 atom stereocenters. The molecule has 4 heteroatoms. The van der Waals surface area contributed by atoms with Crippen LogP contribution in [0, 0.1) is 11.8 Å². The van der Waals surface area contributed by atoms with Gasteiger partial charge >= 0.3 is 0 Å². The molecule has 0 aliphatic rings. The Kier molecular flexibility index (Phi) is 4.84. The van der Waals surface area contributed by atoms with Crippen LogP contribution in [0.3, 0.4) is 0 Å². The summed E-state index contributed by atoms with van der Waals surface area (Å²) in [7, 11) is 1.51. The normalized spacial score (nSPS) is 12.6. The summed E-state index contributed by atoms with van der Waals surface area (Å²) < 4.78 is 5.04. The predicted molar refractivity (Wildman–Crippen MR) is 71.3 cm³/mol. The van der Waals surface area contributed by atoms with Crippen molar-refractivity contribution in [2.24, 2.45) is 11.8 Å². The van der Waals surface area contributed by atoms with Crippen LogP contribution in [-0.4, -0.2) is 12.9 Å². The second-order valence-electron chi connectivity index (χ2n) is 4.36. The number of hydrogen-bond acceptors (Lipinski definition) is 2. The minimum Gasteiger partial charge on any atom is -0.495 e. The van der Waals surface area contributed by atoms with Crippen LogP contribution in [0.2, 0.25) is 10.0 Å². The van der Waals surface area contributed by atoms with Crippen molar-refractivity contribution in [3.8, 4) is 5.75 Å². The minimum absolute atomic E-state index is 0.00885. The Morgan fingerprint density at radius 2 is 1.76 bits per heavy atom. The maximum absolute atomic E-state index is 12.2. The van der Waals surface area contributed by atoms with E-state index in [-0.39, 0.29) is 17.6 Å². The Balaban J connectivity index is 3.15. The maximum atomic E-state index is 12.2. The lowest BCUT2D eigenvalue weighted by Gasteiger charge is -2.16. The van der Waals surface area contributed by atoms with E-state index >= 15 is 0 Å². The molecule has 0 heterocycles. The van der Waals surface area contributed by atoms with E-state index in [9.17, 15) is 4.79 Å². The molecule has 17 heavy (non-hydrogen) atoms. The Labute approximate surface area is 112 Å². The number of methoxy groups -OCH3 is 1. The van der Waals surface area contributed by atoms with Crippen LogP contribution in [0.1, 0.15) is 31.1 Å². The monoisotopic (exact) mass is 274 g/mol. The number of rotatable bonds is 4. The molecule has 0 saturated heterocycles.